The molecule has 1 aromatic carbocycles. The summed E-state index contributed by atoms with van der Waals surface area (Å²) in [6.07, 6.45) is 0.243. The van der Waals surface area contributed by atoms with E-state index in [1.54, 1.807) is 24.0 Å². The van der Waals surface area contributed by atoms with E-state index in [4.69, 9.17) is 16.3 Å². The number of halogens is 1. The van der Waals surface area contributed by atoms with E-state index in [9.17, 15) is 9.59 Å². The number of thioether (sulfide) groups is 1. The maximum Gasteiger partial charge on any atom is 0.338 e. The van der Waals surface area contributed by atoms with Gasteiger partial charge in [-0.3, -0.25) is 4.79 Å². The zero-order valence-electron chi connectivity index (χ0n) is 17.6. The molecule has 160 valence electrons. The molecule has 8 heteroatoms. The number of benzene rings is 1. The Morgan fingerprint density at radius 1 is 1.20 bits per heavy atom. The van der Waals surface area contributed by atoms with Crippen molar-refractivity contribution in [3.63, 3.8) is 0 Å². The van der Waals surface area contributed by atoms with Gasteiger partial charge in [0.25, 0.3) is 0 Å². The summed E-state index contributed by atoms with van der Waals surface area (Å²) < 4.78 is 5.34. The molecule has 0 radical (unpaired) electrons. The van der Waals surface area contributed by atoms with Gasteiger partial charge in [-0.2, -0.15) is 0 Å². The number of rotatable bonds is 7. The number of nitrogens with zero attached hydrogens (tertiary/aromatic N) is 3. The highest BCUT2D eigenvalue weighted by atomic mass is 35.5. The molecule has 0 saturated carbocycles. The number of aliphatic imine (C=N–C) groups is 1. The third-order valence-corrected chi connectivity index (χ3v) is 6.27. The molecule has 6 nitrogen and oxygen atoms in total. The molecule has 2 aliphatic rings. The minimum absolute atomic E-state index is 0.0481. The average molecular weight is 448 g/mol. The average Bonchev–Trinajstić information content (AvgIpc) is 3.10. The van der Waals surface area contributed by atoms with Gasteiger partial charge in [0.05, 0.1) is 30.3 Å². The summed E-state index contributed by atoms with van der Waals surface area (Å²) in [5.74, 6) is -0.351. The number of carbonyl (C=O) groups excluding carboxylic acids is 2. The first-order chi connectivity index (χ1) is 14.4. The molecule has 0 aliphatic carbocycles. The lowest BCUT2D eigenvalue weighted by atomic mass is 9.94. The van der Waals surface area contributed by atoms with Gasteiger partial charge >= 0.3 is 5.97 Å². The van der Waals surface area contributed by atoms with Gasteiger partial charge in [-0.15, -0.1) is 0 Å². The van der Waals surface area contributed by atoms with Crippen LogP contribution in [0, 0.1) is 0 Å². The lowest BCUT2D eigenvalue weighted by Gasteiger charge is -2.36. The fourth-order valence-electron chi connectivity index (χ4n) is 3.64. The fourth-order valence-corrected chi connectivity index (χ4v) is 4.73. The molecule has 0 spiro atoms. The Balaban J connectivity index is 2.03. The van der Waals surface area contributed by atoms with Gasteiger partial charge in [-0.1, -0.05) is 35.5 Å². The Morgan fingerprint density at radius 3 is 2.47 bits per heavy atom. The minimum Gasteiger partial charge on any atom is -0.463 e. The summed E-state index contributed by atoms with van der Waals surface area (Å²) in [7, 11) is 0. The third kappa shape index (κ3) is 4.42. The topological polar surface area (TPSA) is 62.2 Å². The summed E-state index contributed by atoms with van der Waals surface area (Å²) in [6.45, 7) is 9.12. The van der Waals surface area contributed by atoms with Crippen LogP contribution in [-0.4, -0.2) is 46.5 Å². The van der Waals surface area contributed by atoms with Crippen LogP contribution in [0.2, 0.25) is 5.02 Å². The second-order valence-electron chi connectivity index (χ2n) is 6.91. The maximum absolute atomic E-state index is 12.9. The molecule has 1 aromatic rings. The monoisotopic (exact) mass is 447 g/mol. The maximum atomic E-state index is 12.9. The molecule has 2 heterocycles. The Morgan fingerprint density at radius 2 is 1.87 bits per heavy atom. The van der Waals surface area contributed by atoms with Crippen LogP contribution < -0.4 is 0 Å². The number of esters is 1. The minimum atomic E-state index is -0.431. The number of fused-ring (bicyclic) bond motifs is 1. The van der Waals surface area contributed by atoms with Crippen molar-refractivity contribution < 1.29 is 14.3 Å². The normalized spacial score (nSPS) is 18.0. The second-order valence-corrected chi connectivity index (χ2v) is 8.18. The Bertz CT molecular complexity index is 920. The van der Waals surface area contributed by atoms with Crippen LogP contribution >= 0.6 is 23.4 Å². The highest BCUT2D eigenvalue weighted by Gasteiger charge is 2.41. The van der Waals surface area contributed by atoms with Crippen molar-refractivity contribution in [3.05, 3.63) is 57.2 Å². The van der Waals surface area contributed by atoms with Gasteiger partial charge in [-0.25, -0.2) is 9.79 Å². The van der Waals surface area contributed by atoms with Crippen molar-refractivity contribution in [3.8, 4) is 0 Å². The number of ether oxygens (including phenoxy) is 1. The SMILES string of the molecule is CCOC(=O)C1=C(C)N=C2SC=C(CC(=O)N(CC)CC)N2C1c1ccc(Cl)cc1. The zero-order chi connectivity index (χ0) is 21.8. The van der Waals surface area contributed by atoms with Crippen molar-refractivity contribution in [2.45, 2.75) is 40.2 Å². The molecule has 0 bridgehead atoms. The van der Waals surface area contributed by atoms with E-state index in [0.29, 0.717) is 29.4 Å². The molecule has 1 amide bonds. The first-order valence-corrected chi connectivity index (χ1v) is 11.3. The predicted octanol–water partition coefficient (Wildman–Crippen LogP) is 4.74. The fraction of sp³-hybridized carbons (Fsp3) is 0.409. The Hall–Kier alpha value is -2.25. The summed E-state index contributed by atoms with van der Waals surface area (Å²) in [4.78, 5) is 34.1. The number of amides is 1. The van der Waals surface area contributed by atoms with E-state index in [2.05, 4.69) is 4.99 Å². The number of hydrogen-bond donors (Lipinski definition) is 0. The molecule has 0 aromatic heterocycles. The number of amidine groups is 1. The Labute approximate surface area is 186 Å². The highest BCUT2D eigenvalue weighted by Crippen LogP contribution is 2.45. The molecule has 2 aliphatic heterocycles. The van der Waals surface area contributed by atoms with E-state index in [-0.39, 0.29) is 18.9 Å². The molecule has 3 rings (SSSR count). The highest BCUT2D eigenvalue weighted by molar-refractivity contribution is 8.16. The quantitative estimate of drug-likeness (QED) is 0.565. The molecule has 30 heavy (non-hydrogen) atoms. The molecule has 0 saturated heterocycles. The van der Waals surface area contributed by atoms with Gasteiger partial charge in [0.15, 0.2) is 5.17 Å². The van der Waals surface area contributed by atoms with Crippen LogP contribution in [0.1, 0.15) is 45.7 Å². The molecule has 1 unspecified atom stereocenters. The summed E-state index contributed by atoms with van der Waals surface area (Å²) >= 11 is 7.56. The van der Waals surface area contributed by atoms with Crippen LogP contribution in [0.15, 0.2) is 51.6 Å². The van der Waals surface area contributed by atoms with Crippen LogP contribution in [0.25, 0.3) is 0 Å². The number of allylic oxidation sites excluding steroid dienone is 1. The van der Waals surface area contributed by atoms with Crippen LogP contribution in [-0.2, 0) is 14.3 Å². The van der Waals surface area contributed by atoms with Crippen LogP contribution in [0.3, 0.4) is 0 Å². The van der Waals surface area contributed by atoms with Gasteiger partial charge in [-0.05, 0) is 50.8 Å². The molecular weight excluding hydrogens is 422 g/mol. The Kier molecular flexibility index (Phi) is 7.26. The largest absolute Gasteiger partial charge is 0.463 e. The van der Waals surface area contributed by atoms with Crippen LogP contribution in [0.4, 0.5) is 0 Å². The smallest absolute Gasteiger partial charge is 0.338 e. The number of hydrogen-bond acceptors (Lipinski definition) is 6. The number of carbonyl (C=O) groups is 2. The van der Waals surface area contributed by atoms with Crippen molar-refractivity contribution in [1.82, 2.24) is 9.80 Å². The summed E-state index contributed by atoms with van der Waals surface area (Å²) in [5, 5.41) is 3.32. The van der Waals surface area contributed by atoms with E-state index >= 15 is 0 Å². The predicted molar refractivity (Wildman–Crippen MR) is 121 cm³/mol. The van der Waals surface area contributed by atoms with Crippen molar-refractivity contribution in [2.24, 2.45) is 4.99 Å². The lowest BCUT2D eigenvalue weighted by molar-refractivity contribution is -0.139. The van der Waals surface area contributed by atoms with Gasteiger partial charge in [0.2, 0.25) is 5.91 Å². The first-order valence-electron chi connectivity index (χ1n) is 10.1. The summed E-state index contributed by atoms with van der Waals surface area (Å²) in [6, 6.07) is 6.96. The van der Waals surface area contributed by atoms with Gasteiger partial charge in [0.1, 0.15) is 0 Å². The standard InChI is InChI=1S/C22H26ClN3O3S/c1-5-25(6-2)18(27)12-17-13-30-22-24-14(4)19(21(28)29-7-3)20(26(17)22)15-8-10-16(23)11-9-15/h8-11,13,20H,5-7,12H2,1-4H3. The van der Waals surface area contributed by atoms with E-state index in [1.807, 2.05) is 43.2 Å². The third-order valence-electron chi connectivity index (χ3n) is 5.13. The van der Waals surface area contributed by atoms with E-state index in [1.165, 1.54) is 11.8 Å². The van der Waals surface area contributed by atoms with Gasteiger partial charge in [0, 0.05) is 23.8 Å². The van der Waals surface area contributed by atoms with Crippen molar-refractivity contribution in [1.29, 1.82) is 0 Å². The summed E-state index contributed by atoms with van der Waals surface area (Å²) in [5.41, 5.74) is 2.81. The first kappa shape index (κ1) is 22.4. The van der Waals surface area contributed by atoms with Crippen molar-refractivity contribution in [2.75, 3.05) is 19.7 Å². The molecule has 0 fully saturated rings. The molecule has 0 N–H and O–H groups in total. The molecule has 1 atom stereocenters. The van der Waals surface area contributed by atoms with E-state index < -0.39 is 12.0 Å². The van der Waals surface area contributed by atoms with Crippen LogP contribution in [0.5, 0.6) is 0 Å². The van der Waals surface area contributed by atoms with E-state index in [0.717, 1.165) is 16.4 Å². The zero-order valence-corrected chi connectivity index (χ0v) is 19.2. The lowest BCUT2D eigenvalue weighted by Crippen LogP contribution is -2.38. The molecular formula is C22H26ClN3O3S. The van der Waals surface area contributed by atoms with Crippen molar-refractivity contribution >= 4 is 40.4 Å². The second kappa shape index (κ2) is 9.71. The van der Waals surface area contributed by atoms with Gasteiger partial charge < -0.3 is 14.5 Å².